The van der Waals surface area contributed by atoms with E-state index >= 15 is 0 Å². The van der Waals surface area contributed by atoms with Gasteiger partial charge in [0.1, 0.15) is 11.1 Å². The maximum absolute atomic E-state index is 6.04. The molecule has 0 unspecified atom stereocenters. The zero-order valence-corrected chi connectivity index (χ0v) is 48.9. The van der Waals surface area contributed by atoms with Crippen molar-refractivity contribution in [2.24, 2.45) is 0 Å². The van der Waals surface area contributed by atoms with Gasteiger partial charge < -0.3 is 13.6 Å². The Hall–Kier alpha value is -12.0. The van der Waals surface area contributed by atoms with Gasteiger partial charge in [0.25, 0.3) is 0 Å². The van der Waals surface area contributed by atoms with Gasteiger partial charge in [0.2, 0.25) is 11.9 Å². The fraction of sp³-hybridized carbons (Fsp3) is 0. The molecule has 10 heteroatoms. The van der Waals surface area contributed by atoms with Gasteiger partial charge in [-0.3, -0.25) is 9.13 Å². The number of nitrogens with zero attached hydrogens (tertiary/aromatic N) is 8. The summed E-state index contributed by atoms with van der Waals surface area (Å²) in [5, 5.41) is 11.8. The topological polar surface area (TPSA) is 84.4 Å². The number of thiophene rings is 1. The van der Waals surface area contributed by atoms with Gasteiger partial charge in [-0.2, -0.15) is 0 Å². The number of hydrogen-bond acceptors (Lipinski definition) is 6. The summed E-state index contributed by atoms with van der Waals surface area (Å²) in [5.74, 6) is 1.32. The van der Waals surface area contributed by atoms with Crippen molar-refractivity contribution in [2.75, 3.05) is 0 Å². The molecule has 0 radical (unpaired) electrons. The monoisotopic (exact) mass is 1170 g/mol. The van der Waals surface area contributed by atoms with Crippen LogP contribution in [0.3, 0.4) is 0 Å². The summed E-state index contributed by atoms with van der Waals surface area (Å²) in [4.78, 5) is 19.9. The largest absolute Gasteiger partial charge is 0.453 e. The predicted octanol–water partition coefficient (Wildman–Crippen LogP) is 20.9. The minimum Gasteiger partial charge on any atom is -0.453 e. The number of benzene rings is 12. The normalized spacial score (nSPS) is 12.0. The second kappa shape index (κ2) is 19.8. The van der Waals surface area contributed by atoms with Gasteiger partial charge in [0.15, 0.2) is 5.58 Å². The predicted molar refractivity (Wildman–Crippen MR) is 372 cm³/mol. The van der Waals surface area contributed by atoms with Crippen molar-refractivity contribution < 1.29 is 4.42 Å². The van der Waals surface area contributed by atoms with E-state index in [2.05, 4.69) is 273 Å². The van der Waals surface area contributed by atoms with Gasteiger partial charge in [-0.25, -0.2) is 19.9 Å². The average molecular weight is 1170 g/mol. The molecule has 8 aromatic heterocycles. The van der Waals surface area contributed by atoms with E-state index in [-0.39, 0.29) is 0 Å². The van der Waals surface area contributed by atoms with E-state index in [1.165, 1.54) is 86.7 Å². The van der Waals surface area contributed by atoms with Crippen LogP contribution in [0.2, 0.25) is 0 Å². The van der Waals surface area contributed by atoms with E-state index in [4.69, 9.17) is 24.4 Å². The third-order valence-electron chi connectivity index (χ3n) is 18.0. The smallest absolute Gasteiger partial charge is 0.235 e. The summed E-state index contributed by atoms with van der Waals surface area (Å²) in [6.07, 6.45) is 3.76. The van der Waals surface area contributed by atoms with Crippen LogP contribution in [0.1, 0.15) is 0 Å². The molecule has 0 saturated carbocycles. The molecule has 0 aliphatic heterocycles. The Bertz CT molecular complexity index is 6300. The van der Waals surface area contributed by atoms with Gasteiger partial charge in [-0.1, -0.05) is 170 Å². The number of hydrogen-bond donors (Lipinski definition) is 0. The molecule has 0 aliphatic carbocycles. The Morgan fingerprint density at radius 1 is 0.256 bits per heavy atom. The maximum Gasteiger partial charge on any atom is 0.235 e. The van der Waals surface area contributed by atoms with Crippen LogP contribution in [0.25, 0.3) is 175 Å². The van der Waals surface area contributed by atoms with E-state index in [1.54, 1.807) is 17.5 Å². The first kappa shape index (κ1) is 50.2. The summed E-state index contributed by atoms with van der Waals surface area (Å²) in [7, 11) is 0. The fourth-order valence-corrected chi connectivity index (χ4v) is 15.0. The minimum absolute atomic E-state index is 0.624. The van der Waals surface area contributed by atoms with Crippen molar-refractivity contribution in [1.82, 2.24) is 38.2 Å². The highest BCUT2D eigenvalue weighted by molar-refractivity contribution is 7.25. The lowest BCUT2D eigenvalue weighted by molar-refractivity contribution is 0.665. The molecule has 0 saturated heterocycles. The molecule has 8 heterocycles. The molecular weight excluding hydrogens is 1120 g/mol. The molecule has 0 spiro atoms. The van der Waals surface area contributed by atoms with Crippen molar-refractivity contribution in [3.05, 3.63) is 291 Å². The first-order valence-electron chi connectivity index (χ1n) is 30.2. The highest BCUT2D eigenvalue weighted by atomic mass is 32.1. The van der Waals surface area contributed by atoms with Crippen LogP contribution in [0.15, 0.2) is 296 Å². The second-order valence-electron chi connectivity index (χ2n) is 23.0. The number of fused-ring (bicyclic) bond motifs is 18. The molecule has 12 aromatic carbocycles. The molecule has 20 rings (SSSR count). The lowest BCUT2D eigenvalue weighted by atomic mass is 10.0. The van der Waals surface area contributed by atoms with Gasteiger partial charge >= 0.3 is 0 Å². The van der Waals surface area contributed by atoms with E-state index in [0.717, 1.165) is 71.0 Å². The molecule has 0 atom stereocenters. The maximum atomic E-state index is 6.04. The zero-order valence-electron chi connectivity index (χ0n) is 48.1. The molecule has 0 amide bonds. The lowest BCUT2D eigenvalue weighted by Crippen LogP contribution is -2.00. The Kier molecular flexibility index (Phi) is 11.0. The molecule has 420 valence electrons. The van der Waals surface area contributed by atoms with Gasteiger partial charge in [-0.05, 0) is 131 Å². The zero-order chi connectivity index (χ0) is 59.0. The Labute approximate surface area is 517 Å². The van der Waals surface area contributed by atoms with Crippen molar-refractivity contribution >= 4 is 141 Å². The highest BCUT2D eigenvalue weighted by Crippen LogP contribution is 2.42. The van der Waals surface area contributed by atoms with E-state index in [0.29, 0.717) is 17.5 Å². The van der Waals surface area contributed by atoms with E-state index in [9.17, 15) is 0 Å². The van der Waals surface area contributed by atoms with Crippen LogP contribution >= 0.6 is 11.3 Å². The van der Waals surface area contributed by atoms with Crippen LogP contribution in [-0.4, -0.2) is 38.2 Å². The van der Waals surface area contributed by atoms with Crippen molar-refractivity contribution in [2.45, 2.75) is 0 Å². The molecule has 0 fully saturated rings. The third-order valence-corrected chi connectivity index (χ3v) is 19.1. The summed E-state index contributed by atoms with van der Waals surface area (Å²) in [5.41, 5.74) is 19.5. The molecule has 9 nitrogen and oxygen atoms in total. The number of aromatic nitrogens is 8. The van der Waals surface area contributed by atoms with E-state index in [1.807, 2.05) is 30.5 Å². The van der Waals surface area contributed by atoms with Gasteiger partial charge in [0, 0.05) is 69.9 Å². The van der Waals surface area contributed by atoms with Crippen LogP contribution in [0.5, 0.6) is 0 Å². The highest BCUT2D eigenvalue weighted by Gasteiger charge is 2.21. The Morgan fingerprint density at radius 2 is 0.644 bits per heavy atom. The second-order valence-corrected chi connectivity index (χ2v) is 24.1. The average Bonchev–Trinajstić information content (AvgIpc) is 1.81. The first-order valence-corrected chi connectivity index (χ1v) is 31.0. The number of rotatable bonds is 6. The molecule has 20 aromatic rings. The van der Waals surface area contributed by atoms with Gasteiger partial charge in [-0.15, -0.1) is 11.3 Å². The number of furan rings is 1. The lowest BCUT2D eigenvalue weighted by Gasteiger charge is -2.09. The Morgan fingerprint density at radius 3 is 1.21 bits per heavy atom. The Balaban J connectivity index is 0.000000130. The van der Waals surface area contributed by atoms with Crippen molar-refractivity contribution in [3.63, 3.8) is 0 Å². The fourth-order valence-electron chi connectivity index (χ4n) is 14.0. The summed E-state index contributed by atoms with van der Waals surface area (Å²) < 4.78 is 17.5. The molecule has 0 N–H and O–H groups in total. The third kappa shape index (κ3) is 7.68. The summed E-state index contributed by atoms with van der Waals surface area (Å²) in [6.45, 7) is 0. The molecule has 90 heavy (non-hydrogen) atoms. The van der Waals surface area contributed by atoms with Crippen LogP contribution < -0.4 is 0 Å². The summed E-state index contributed by atoms with van der Waals surface area (Å²) >= 11 is 1.74. The summed E-state index contributed by atoms with van der Waals surface area (Å²) in [6, 6.07) is 99.2. The molecule has 0 bridgehead atoms. The van der Waals surface area contributed by atoms with Crippen molar-refractivity contribution in [3.8, 4) is 45.5 Å². The van der Waals surface area contributed by atoms with Gasteiger partial charge in [0.05, 0.1) is 66.7 Å². The quantitative estimate of drug-likeness (QED) is 0.166. The molecular formula is C80H48N8OS. The molecule has 0 aliphatic rings. The first-order chi connectivity index (χ1) is 44.6. The van der Waals surface area contributed by atoms with Crippen LogP contribution in [0, 0.1) is 0 Å². The van der Waals surface area contributed by atoms with Crippen LogP contribution in [-0.2, 0) is 0 Å². The standard InChI is InChI=1S/C40H24N4O.C40H24N4S/c1-2-10-27(11-3-1)43-33-15-7-5-13-29(33)32-22-25(19-21-35(32)43)26-18-20-30-28-12-4-8-16-34(28)44(36(30)23-26)40-41-24-38-39(42-40)31-14-6-9-17-37(31)45-38;1-2-10-27(11-3-1)43-33-15-7-4-12-28(33)31-22-25(18-20-35(31)43)26-19-21-36-32(23-26)29-13-5-8-16-34(29)44(36)40-41-24-38-39(42-40)30-14-6-9-17-37(30)45-38/h2*1-24H. The van der Waals surface area contributed by atoms with Crippen LogP contribution in [0.4, 0.5) is 0 Å². The SMILES string of the molecule is c1ccc(-n2c3ccccc3c3cc(-c4ccc5c(c4)c4ccccc4n5-c4ncc5sc6ccccc6c5n4)ccc32)cc1.c1ccc(-n2c3ccccc3c3cc(-c4ccc5c6ccccc6n(-c6ncc7oc8ccccc8c7n6)c5c4)ccc32)cc1. The minimum atomic E-state index is 0.624. The van der Waals surface area contributed by atoms with E-state index < -0.39 is 0 Å². The van der Waals surface area contributed by atoms with Crippen molar-refractivity contribution in [1.29, 1.82) is 0 Å². The number of para-hydroxylation sites is 7.